The topological polar surface area (TPSA) is 66.2 Å². The van der Waals surface area contributed by atoms with Gasteiger partial charge in [0.2, 0.25) is 5.78 Å². The van der Waals surface area contributed by atoms with E-state index in [1.54, 1.807) is 11.4 Å². The number of aryl methyl sites for hydroxylation is 3. The van der Waals surface area contributed by atoms with Gasteiger partial charge in [0.05, 0.1) is 5.69 Å². The summed E-state index contributed by atoms with van der Waals surface area (Å²) in [7, 11) is 3.11. The lowest BCUT2D eigenvalue weighted by Gasteiger charge is -2.07. The lowest BCUT2D eigenvalue weighted by molar-refractivity contribution is 0.708. The quantitative estimate of drug-likeness (QED) is 0.445. The van der Waals surface area contributed by atoms with Gasteiger partial charge in [0, 0.05) is 26.0 Å². The van der Waals surface area contributed by atoms with Crippen LogP contribution in [0.25, 0.3) is 34.8 Å². The molecular formula is C25H23N5O2. The minimum absolute atomic E-state index is 0.364. The summed E-state index contributed by atoms with van der Waals surface area (Å²) < 4.78 is 6.28. The predicted molar refractivity (Wildman–Crippen MR) is 127 cm³/mol. The smallest absolute Gasteiger partial charge is 0.279 e. The predicted octanol–water partition coefficient (Wildman–Crippen LogP) is 3.46. The summed E-state index contributed by atoms with van der Waals surface area (Å²) in [5.41, 5.74) is 5.20. The Balaban J connectivity index is 1.82. The number of imidazole rings is 2. The SMILES string of the molecule is Cc1ccc(/C=C/c2cn3c4c(=O)n(C)c(=O)n(C)c4nc3n2-c2ccc(C)cc2)cc1. The van der Waals surface area contributed by atoms with Gasteiger partial charge < -0.3 is 0 Å². The van der Waals surface area contributed by atoms with Crippen molar-refractivity contribution in [1.82, 2.24) is 23.1 Å². The van der Waals surface area contributed by atoms with Gasteiger partial charge in [0.1, 0.15) is 0 Å². The molecule has 2 aromatic carbocycles. The lowest BCUT2D eigenvalue weighted by Crippen LogP contribution is -2.37. The molecular weight excluding hydrogens is 402 g/mol. The highest BCUT2D eigenvalue weighted by Gasteiger charge is 2.20. The maximum Gasteiger partial charge on any atom is 0.332 e. The Kier molecular flexibility index (Phi) is 4.48. The molecule has 0 saturated heterocycles. The van der Waals surface area contributed by atoms with E-state index in [0.29, 0.717) is 16.9 Å². The van der Waals surface area contributed by atoms with Gasteiger partial charge in [-0.05, 0) is 37.6 Å². The van der Waals surface area contributed by atoms with Crippen LogP contribution in [0.1, 0.15) is 22.4 Å². The van der Waals surface area contributed by atoms with Gasteiger partial charge in [-0.3, -0.25) is 22.9 Å². The number of hydrogen-bond acceptors (Lipinski definition) is 3. The van der Waals surface area contributed by atoms with E-state index in [4.69, 9.17) is 4.98 Å². The van der Waals surface area contributed by atoms with Crippen molar-refractivity contribution in [2.45, 2.75) is 13.8 Å². The monoisotopic (exact) mass is 425 g/mol. The van der Waals surface area contributed by atoms with E-state index >= 15 is 0 Å². The zero-order chi connectivity index (χ0) is 22.6. The molecule has 160 valence electrons. The third-order valence-corrected chi connectivity index (χ3v) is 5.81. The van der Waals surface area contributed by atoms with Crippen molar-refractivity contribution in [2.75, 3.05) is 0 Å². The molecule has 7 heteroatoms. The van der Waals surface area contributed by atoms with Crippen LogP contribution >= 0.6 is 0 Å². The Bertz CT molecular complexity index is 1630. The van der Waals surface area contributed by atoms with Crippen molar-refractivity contribution < 1.29 is 0 Å². The molecule has 0 unspecified atom stereocenters. The van der Waals surface area contributed by atoms with Crippen LogP contribution in [-0.2, 0) is 14.1 Å². The van der Waals surface area contributed by atoms with E-state index in [1.807, 2.05) is 54.1 Å². The van der Waals surface area contributed by atoms with Crippen molar-refractivity contribution in [3.63, 3.8) is 0 Å². The van der Waals surface area contributed by atoms with Gasteiger partial charge in [-0.15, -0.1) is 0 Å². The first-order valence-corrected chi connectivity index (χ1v) is 10.4. The van der Waals surface area contributed by atoms with Crippen molar-refractivity contribution >= 4 is 29.1 Å². The number of benzene rings is 2. The summed E-state index contributed by atoms with van der Waals surface area (Å²) in [5, 5.41) is 0. The maximum atomic E-state index is 13.0. The van der Waals surface area contributed by atoms with Crippen molar-refractivity contribution in [1.29, 1.82) is 0 Å². The Morgan fingerprint density at radius 2 is 1.44 bits per heavy atom. The maximum absolute atomic E-state index is 13.0. The van der Waals surface area contributed by atoms with E-state index in [2.05, 4.69) is 31.2 Å². The number of hydrogen-bond donors (Lipinski definition) is 0. The Morgan fingerprint density at radius 3 is 2.09 bits per heavy atom. The minimum Gasteiger partial charge on any atom is -0.279 e. The summed E-state index contributed by atoms with van der Waals surface area (Å²) in [5.74, 6) is 0.575. The molecule has 0 atom stereocenters. The summed E-state index contributed by atoms with van der Waals surface area (Å²) in [4.78, 5) is 30.1. The van der Waals surface area contributed by atoms with Crippen molar-refractivity contribution in [3.05, 3.63) is 98.0 Å². The molecule has 5 aromatic rings. The average molecular weight is 425 g/mol. The number of fused-ring (bicyclic) bond motifs is 3. The standard InChI is InChI=1S/C25H23N5O2/c1-16-5-9-18(10-6-16)11-14-20-15-29-21-22(27(3)25(32)28(4)23(21)31)26-24(29)30(20)19-12-7-17(2)8-13-19/h5-15H,1-4H3/b14-11+. The molecule has 7 nitrogen and oxygen atoms in total. The van der Waals surface area contributed by atoms with Crippen LogP contribution in [0.3, 0.4) is 0 Å². The molecule has 0 bridgehead atoms. The third kappa shape index (κ3) is 3.01. The summed E-state index contributed by atoms with van der Waals surface area (Å²) >= 11 is 0. The van der Waals surface area contributed by atoms with Crippen LogP contribution in [0.5, 0.6) is 0 Å². The van der Waals surface area contributed by atoms with E-state index in [9.17, 15) is 9.59 Å². The second-order valence-corrected chi connectivity index (χ2v) is 8.13. The molecule has 0 amide bonds. The zero-order valence-corrected chi connectivity index (χ0v) is 18.4. The summed E-state index contributed by atoms with van der Waals surface area (Å²) in [6, 6.07) is 16.4. The van der Waals surface area contributed by atoms with Gasteiger partial charge >= 0.3 is 5.69 Å². The van der Waals surface area contributed by atoms with E-state index < -0.39 is 5.69 Å². The van der Waals surface area contributed by atoms with Crippen LogP contribution in [-0.4, -0.2) is 23.1 Å². The van der Waals surface area contributed by atoms with Crippen LogP contribution in [0.4, 0.5) is 0 Å². The molecule has 0 spiro atoms. The zero-order valence-electron chi connectivity index (χ0n) is 18.4. The molecule has 0 N–H and O–H groups in total. The molecule has 3 heterocycles. The summed E-state index contributed by atoms with van der Waals surface area (Å²) in [6.07, 6.45) is 5.94. The van der Waals surface area contributed by atoms with Gasteiger partial charge in [-0.1, -0.05) is 53.6 Å². The largest absolute Gasteiger partial charge is 0.332 e. The van der Waals surface area contributed by atoms with Gasteiger partial charge in [0.15, 0.2) is 11.2 Å². The molecule has 32 heavy (non-hydrogen) atoms. The van der Waals surface area contributed by atoms with Crippen LogP contribution in [0.2, 0.25) is 0 Å². The highest BCUT2D eigenvalue weighted by atomic mass is 16.2. The van der Waals surface area contributed by atoms with Gasteiger partial charge in [0.25, 0.3) is 5.56 Å². The molecule has 5 rings (SSSR count). The molecule has 0 fully saturated rings. The lowest BCUT2D eigenvalue weighted by atomic mass is 10.1. The van der Waals surface area contributed by atoms with Crippen LogP contribution < -0.4 is 11.2 Å². The first-order chi connectivity index (χ1) is 15.3. The summed E-state index contributed by atoms with van der Waals surface area (Å²) in [6.45, 7) is 4.10. The third-order valence-electron chi connectivity index (χ3n) is 5.81. The highest BCUT2D eigenvalue weighted by Crippen LogP contribution is 2.23. The van der Waals surface area contributed by atoms with Crippen molar-refractivity contribution in [2.24, 2.45) is 14.1 Å². The first kappa shape index (κ1) is 19.8. The van der Waals surface area contributed by atoms with Crippen molar-refractivity contribution in [3.8, 4) is 5.69 Å². The minimum atomic E-state index is -0.398. The van der Waals surface area contributed by atoms with Gasteiger partial charge in [-0.25, -0.2) is 4.79 Å². The number of rotatable bonds is 3. The fourth-order valence-corrected chi connectivity index (χ4v) is 3.92. The number of aromatic nitrogens is 5. The molecule has 3 aromatic heterocycles. The fraction of sp³-hybridized carbons (Fsp3) is 0.160. The Morgan fingerprint density at radius 1 is 0.812 bits per heavy atom. The first-order valence-electron chi connectivity index (χ1n) is 10.4. The Labute approximate surface area is 184 Å². The van der Waals surface area contributed by atoms with Crippen LogP contribution in [0.15, 0.2) is 64.3 Å². The molecule has 0 radical (unpaired) electrons. The molecule has 0 aliphatic rings. The highest BCUT2D eigenvalue weighted by molar-refractivity contribution is 5.79. The normalized spacial score (nSPS) is 11.9. The average Bonchev–Trinajstić information content (AvgIpc) is 3.32. The second-order valence-electron chi connectivity index (χ2n) is 8.13. The van der Waals surface area contributed by atoms with E-state index in [0.717, 1.165) is 27.1 Å². The van der Waals surface area contributed by atoms with Gasteiger partial charge in [-0.2, -0.15) is 4.98 Å². The van der Waals surface area contributed by atoms with E-state index in [1.165, 1.54) is 17.2 Å². The Hall–Kier alpha value is -4.13. The number of nitrogens with zero attached hydrogens (tertiary/aromatic N) is 5. The molecule has 0 saturated carbocycles. The fourth-order valence-electron chi connectivity index (χ4n) is 3.92. The molecule has 0 aliphatic carbocycles. The van der Waals surface area contributed by atoms with Crippen LogP contribution in [0, 0.1) is 13.8 Å². The molecule has 0 aliphatic heterocycles. The second kappa shape index (κ2) is 7.23. The van der Waals surface area contributed by atoms with E-state index in [-0.39, 0.29) is 5.56 Å².